The largest absolute Gasteiger partial charge is 0.504 e. The zero-order chi connectivity index (χ0) is 27.0. The van der Waals surface area contributed by atoms with Crippen molar-refractivity contribution in [3.05, 3.63) is 71.3 Å². The second-order valence-corrected chi connectivity index (χ2v) is 9.92. The van der Waals surface area contributed by atoms with Crippen LogP contribution in [0.2, 0.25) is 0 Å². The van der Waals surface area contributed by atoms with Crippen molar-refractivity contribution in [3.8, 4) is 34.5 Å². The summed E-state index contributed by atoms with van der Waals surface area (Å²) in [6, 6.07) is 16.5. The second kappa shape index (κ2) is 10.6. The maximum Gasteiger partial charge on any atom is 0.231 e. The van der Waals surface area contributed by atoms with Crippen LogP contribution in [-0.4, -0.2) is 37.3 Å². The minimum absolute atomic E-state index is 0.0443. The lowest BCUT2D eigenvalue weighted by Gasteiger charge is -2.23. The van der Waals surface area contributed by atoms with Crippen LogP contribution in [0.4, 0.5) is 0 Å². The molecular formula is C30H34O8. The van der Waals surface area contributed by atoms with Gasteiger partial charge in [-0.05, 0) is 71.8 Å². The van der Waals surface area contributed by atoms with Crippen LogP contribution in [0.15, 0.2) is 54.6 Å². The standard InChI is InChI=1S/C30H34O8/c1-16-17(2)30(21-7-10-24-27(14-21)36-15-35-24)38-29(16)20-8-11-25(26(13-20)34-5)37-18(3)28(32)19-6-9-23(33-4)22(31)12-19/h6-14,16-18,28-32H,15H2,1-5H3/t16-,17-,18-,28-,29+,30-/m0/s1. The quantitative estimate of drug-likeness (QED) is 0.388. The van der Waals surface area contributed by atoms with Crippen molar-refractivity contribution in [1.82, 2.24) is 0 Å². The van der Waals surface area contributed by atoms with E-state index in [1.165, 1.54) is 13.2 Å². The van der Waals surface area contributed by atoms with Gasteiger partial charge in [0.15, 0.2) is 34.5 Å². The van der Waals surface area contributed by atoms with Gasteiger partial charge in [-0.1, -0.05) is 32.0 Å². The molecule has 1 saturated heterocycles. The van der Waals surface area contributed by atoms with E-state index >= 15 is 0 Å². The summed E-state index contributed by atoms with van der Waals surface area (Å²) in [7, 11) is 3.06. The van der Waals surface area contributed by atoms with Gasteiger partial charge in [-0.25, -0.2) is 0 Å². The number of rotatable bonds is 8. The Morgan fingerprint density at radius 1 is 0.789 bits per heavy atom. The lowest BCUT2D eigenvalue weighted by atomic mass is 9.85. The lowest BCUT2D eigenvalue weighted by Crippen LogP contribution is -2.22. The first-order valence-corrected chi connectivity index (χ1v) is 12.7. The van der Waals surface area contributed by atoms with E-state index in [-0.39, 0.29) is 36.6 Å². The van der Waals surface area contributed by atoms with Crippen LogP contribution in [0.3, 0.4) is 0 Å². The number of phenols is 1. The molecule has 202 valence electrons. The molecule has 0 amide bonds. The van der Waals surface area contributed by atoms with Gasteiger partial charge >= 0.3 is 0 Å². The summed E-state index contributed by atoms with van der Waals surface area (Å²) in [6.45, 7) is 6.40. The van der Waals surface area contributed by atoms with Crippen LogP contribution in [-0.2, 0) is 4.74 Å². The Hall–Kier alpha value is -3.62. The third-order valence-corrected chi connectivity index (χ3v) is 7.62. The van der Waals surface area contributed by atoms with E-state index in [9.17, 15) is 10.2 Å². The molecule has 2 aliphatic heterocycles. The maximum atomic E-state index is 10.8. The smallest absolute Gasteiger partial charge is 0.231 e. The van der Waals surface area contributed by atoms with Gasteiger partial charge in [-0.3, -0.25) is 0 Å². The van der Waals surface area contributed by atoms with Crippen molar-refractivity contribution < 1.29 is 38.6 Å². The molecule has 2 aliphatic rings. The van der Waals surface area contributed by atoms with Gasteiger partial charge in [-0.15, -0.1) is 0 Å². The van der Waals surface area contributed by atoms with Gasteiger partial charge in [0.25, 0.3) is 0 Å². The van der Waals surface area contributed by atoms with Crippen LogP contribution in [0, 0.1) is 11.8 Å². The molecule has 0 aliphatic carbocycles. The Balaban J connectivity index is 1.32. The molecule has 0 aromatic heterocycles. The Bertz CT molecular complexity index is 1290. The topological polar surface area (TPSA) is 95.8 Å². The molecule has 0 radical (unpaired) electrons. The molecule has 3 aromatic rings. The Labute approximate surface area is 222 Å². The van der Waals surface area contributed by atoms with Crippen LogP contribution in [0.25, 0.3) is 0 Å². The van der Waals surface area contributed by atoms with Gasteiger partial charge in [-0.2, -0.15) is 0 Å². The highest BCUT2D eigenvalue weighted by molar-refractivity contribution is 5.47. The van der Waals surface area contributed by atoms with Crippen molar-refractivity contribution in [2.24, 2.45) is 11.8 Å². The monoisotopic (exact) mass is 522 g/mol. The van der Waals surface area contributed by atoms with Gasteiger partial charge in [0, 0.05) is 0 Å². The number of fused-ring (bicyclic) bond motifs is 1. The number of methoxy groups -OCH3 is 2. The molecule has 3 aromatic carbocycles. The number of ether oxygens (including phenoxy) is 6. The third-order valence-electron chi connectivity index (χ3n) is 7.62. The number of phenolic OH excluding ortho intramolecular Hbond substituents is 1. The van der Waals surface area contributed by atoms with Crippen molar-refractivity contribution in [1.29, 1.82) is 0 Å². The lowest BCUT2D eigenvalue weighted by molar-refractivity contribution is 0.0285. The molecule has 2 heterocycles. The molecule has 0 bridgehead atoms. The molecule has 6 atom stereocenters. The van der Waals surface area contributed by atoms with E-state index in [0.29, 0.717) is 22.8 Å². The summed E-state index contributed by atoms with van der Waals surface area (Å²) in [5.41, 5.74) is 2.57. The van der Waals surface area contributed by atoms with Gasteiger partial charge < -0.3 is 38.6 Å². The minimum atomic E-state index is -0.974. The van der Waals surface area contributed by atoms with E-state index in [4.69, 9.17) is 28.4 Å². The normalized spacial score (nSPS) is 23.6. The number of hydrogen-bond donors (Lipinski definition) is 2. The van der Waals surface area contributed by atoms with Gasteiger partial charge in [0.05, 0.1) is 26.4 Å². The fourth-order valence-corrected chi connectivity index (χ4v) is 5.20. The first kappa shape index (κ1) is 26.0. The van der Waals surface area contributed by atoms with Crippen molar-refractivity contribution in [2.45, 2.75) is 45.2 Å². The van der Waals surface area contributed by atoms with Crippen LogP contribution >= 0.6 is 0 Å². The minimum Gasteiger partial charge on any atom is -0.504 e. The Kier molecular flexibility index (Phi) is 7.27. The van der Waals surface area contributed by atoms with Crippen LogP contribution in [0.1, 0.15) is 55.8 Å². The molecule has 0 unspecified atom stereocenters. The number of aromatic hydroxyl groups is 1. The fraction of sp³-hybridized carbons (Fsp3) is 0.400. The molecule has 2 N–H and O–H groups in total. The summed E-state index contributed by atoms with van der Waals surface area (Å²) in [4.78, 5) is 0. The molecule has 0 spiro atoms. The molecule has 38 heavy (non-hydrogen) atoms. The highest BCUT2D eigenvalue weighted by Crippen LogP contribution is 2.51. The summed E-state index contributed by atoms with van der Waals surface area (Å²) >= 11 is 0. The first-order chi connectivity index (χ1) is 18.3. The number of aliphatic hydroxyl groups is 1. The number of aliphatic hydroxyl groups excluding tert-OH is 1. The predicted molar refractivity (Wildman–Crippen MR) is 140 cm³/mol. The van der Waals surface area contributed by atoms with E-state index in [1.807, 2.05) is 36.4 Å². The van der Waals surface area contributed by atoms with E-state index in [0.717, 1.165) is 22.6 Å². The van der Waals surface area contributed by atoms with Crippen LogP contribution in [0.5, 0.6) is 34.5 Å². The second-order valence-electron chi connectivity index (χ2n) is 9.92. The summed E-state index contributed by atoms with van der Waals surface area (Å²) in [6.07, 6.45) is -1.80. The van der Waals surface area contributed by atoms with Crippen molar-refractivity contribution in [2.75, 3.05) is 21.0 Å². The van der Waals surface area contributed by atoms with Crippen molar-refractivity contribution >= 4 is 0 Å². The fourth-order valence-electron chi connectivity index (χ4n) is 5.20. The molecule has 0 saturated carbocycles. The predicted octanol–water partition coefficient (Wildman–Crippen LogP) is 5.72. The SMILES string of the molecule is COc1ccc([C@@H](O)[C@H](C)Oc2ccc([C@@H]3O[C@H](c4ccc5c(c4)OCO5)[C@@H](C)[C@@H]3C)cc2OC)cc1O. The first-order valence-electron chi connectivity index (χ1n) is 12.7. The Morgan fingerprint density at radius 2 is 1.42 bits per heavy atom. The number of benzene rings is 3. The molecular weight excluding hydrogens is 488 g/mol. The van der Waals surface area contributed by atoms with E-state index in [1.54, 1.807) is 26.2 Å². The molecule has 8 nitrogen and oxygen atoms in total. The average Bonchev–Trinajstić information content (AvgIpc) is 3.52. The zero-order valence-electron chi connectivity index (χ0n) is 22.2. The Morgan fingerprint density at radius 3 is 2.11 bits per heavy atom. The van der Waals surface area contributed by atoms with Crippen LogP contribution < -0.4 is 23.7 Å². The van der Waals surface area contributed by atoms with E-state index in [2.05, 4.69) is 13.8 Å². The summed E-state index contributed by atoms with van der Waals surface area (Å²) < 4.78 is 34.4. The third kappa shape index (κ3) is 4.81. The maximum absolute atomic E-state index is 10.8. The summed E-state index contributed by atoms with van der Waals surface area (Å²) in [5.74, 6) is 3.39. The highest BCUT2D eigenvalue weighted by Gasteiger charge is 2.41. The average molecular weight is 523 g/mol. The summed E-state index contributed by atoms with van der Waals surface area (Å²) in [5, 5.41) is 20.9. The number of hydrogen-bond acceptors (Lipinski definition) is 8. The van der Waals surface area contributed by atoms with Gasteiger partial charge in [0.2, 0.25) is 6.79 Å². The van der Waals surface area contributed by atoms with Gasteiger partial charge in [0.1, 0.15) is 12.2 Å². The zero-order valence-corrected chi connectivity index (χ0v) is 22.2. The highest BCUT2D eigenvalue weighted by atomic mass is 16.7. The molecule has 1 fully saturated rings. The molecule has 5 rings (SSSR count). The molecule has 8 heteroatoms. The van der Waals surface area contributed by atoms with E-state index < -0.39 is 12.2 Å². The van der Waals surface area contributed by atoms with Crippen molar-refractivity contribution in [3.63, 3.8) is 0 Å².